The minimum atomic E-state index is -1.44. The third-order valence-corrected chi connectivity index (χ3v) is 4.98. The molecule has 1 saturated heterocycles. The first-order valence-electron chi connectivity index (χ1n) is 8.24. The average Bonchev–Trinajstić information content (AvgIpc) is 2.51. The third kappa shape index (κ3) is 4.43. The lowest BCUT2D eigenvalue weighted by Gasteiger charge is -2.36. The lowest BCUT2D eigenvalue weighted by atomic mass is 9.77. The molecule has 132 valence electrons. The molecule has 0 aromatic rings. The first-order valence-corrected chi connectivity index (χ1v) is 8.24. The molecule has 2 fully saturated rings. The molecule has 4 atom stereocenters. The van der Waals surface area contributed by atoms with Crippen LogP contribution >= 0.6 is 0 Å². The number of carbonyl (C=O) groups excluding carboxylic acids is 1. The quantitative estimate of drug-likeness (QED) is 0.657. The van der Waals surface area contributed by atoms with Crippen molar-refractivity contribution in [1.82, 2.24) is 0 Å². The molecule has 1 unspecified atom stereocenters. The summed E-state index contributed by atoms with van der Waals surface area (Å²) in [4.78, 5) is 23.2. The van der Waals surface area contributed by atoms with Crippen LogP contribution in [0.5, 0.6) is 0 Å². The van der Waals surface area contributed by atoms with E-state index in [1.54, 1.807) is 0 Å². The van der Waals surface area contributed by atoms with Gasteiger partial charge in [-0.1, -0.05) is 13.8 Å². The summed E-state index contributed by atoms with van der Waals surface area (Å²) in [5, 5.41) is 28.5. The Bertz CT molecular complexity index is 428. The maximum absolute atomic E-state index is 12.2. The highest BCUT2D eigenvalue weighted by Crippen LogP contribution is 2.34. The van der Waals surface area contributed by atoms with E-state index in [1.807, 2.05) is 0 Å². The van der Waals surface area contributed by atoms with Gasteiger partial charge in [0.05, 0.1) is 12.0 Å². The van der Waals surface area contributed by atoms with Gasteiger partial charge in [-0.05, 0) is 37.5 Å². The van der Waals surface area contributed by atoms with Crippen LogP contribution in [0.2, 0.25) is 0 Å². The second-order valence-corrected chi connectivity index (χ2v) is 6.92. The number of carbonyl (C=O) groups is 2. The van der Waals surface area contributed by atoms with Crippen molar-refractivity contribution in [3.05, 3.63) is 0 Å². The molecular weight excluding hydrogens is 304 g/mol. The smallest absolute Gasteiger partial charge is 0.333 e. The SMILES string of the molecule is CC(C)C1CCC(C(=O)OC2O[C@H](C(=O)O)C[C@H](O)[C@H]2O)CC1. The molecule has 23 heavy (non-hydrogen) atoms. The standard InChI is InChI=1S/C16H26O7/c1-8(2)9-3-5-10(6-4-9)15(21)23-16-13(18)11(17)7-12(22-16)14(19)20/h8-13,16-18H,3-7H2,1-2H3,(H,19,20)/t9?,10?,11-,12-,13+,16?/m0/s1. The van der Waals surface area contributed by atoms with Gasteiger partial charge < -0.3 is 24.8 Å². The zero-order valence-corrected chi connectivity index (χ0v) is 13.6. The molecule has 0 bridgehead atoms. The van der Waals surface area contributed by atoms with E-state index in [9.17, 15) is 19.8 Å². The number of hydrogen-bond acceptors (Lipinski definition) is 6. The van der Waals surface area contributed by atoms with Gasteiger partial charge in [0, 0.05) is 6.42 Å². The summed E-state index contributed by atoms with van der Waals surface area (Å²) in [5.74, 6) is -0.817. The number of aliphatic hydroxyl groups is 2. The summed E-state index contributed by atoms with van der Waals surface area (Å²) in [6.07, 6.45) is -2.34. The third-order valence-electron chi connectivity index (χ3n) is 4.98. The van der Waals surface area contributed by atoms with E-state index in [-0.39, 0.29) is 12.3 Å². The number of rotatable bonds is 4. The highest BCUT2D eigenvalue weighted by Gasteiger charge is 2.43. The Kier molecular flexibility index (Phi) is 6.00. The fourth-order valence-corrected chi connectivity index (χ4v) is 3.33. The average molecular weight is 330 g/mol. The number of esters is 1. The van der Waals surface area contributed by atoms with Crippen LogP contribution in [0.3, 0.4) is 0 Å². The highest BCUT2D eigenvalue weighted by molar-refractivity contribution is 5.73. The van der Waals surface area contributed by atoms with E-state index in [1.165, 1.54) is 0 Å². The van der Waals surface area contributed by atoms with Crippen LogP contribution in [-0.4, -0.2) is 51.9 Å². The molecule has 7 nitrogen and oxygen atoms in total. The summed E-state index contributed by atoms with van der Waals surface area (Å²) in [5.41, 5.74) is 0. The molecule has 7 heteroatoms. The van der Waals surface area contributed by atoms with Gasteiger partial charge in [-0.3, -0.25) is 4.79 Å². The number of aliphatic hydroxyl groups excluding tert-OH is 2. The molecule has 1 saturated carbocycles. The van der Waals surface area contributed by atoms with Gasteiger partial charge in [0.2, 0.25) is 6.29 Å². The maximum atomic E-state index is 12.2. The van der Waals surface area contributed by atoms with E-state index >= 15 is 0 Å². The van der Waals surface area contributed by atoms with Crippen molar-refractivity contribution in [2.75, 3.05) is 0 Å². The van der Waals surface area contributed by atoms with Crippen molar-refractivity contribution < 1.29 is 34.4 Å². The molecule has 0 aromatic heterocycles. The largest absolute Gasteiger partial charge is 0.479 e. The fourth-order valence-electron chi connectivity index (χ4n) is 3.33. The molecule has 0 radical (unpaired) electrons. The van der Waals surface area contributed by atoms with Crippen LogP contribution < -0.4 is 0 Å². The molecule has 2 aliphatic rings. The van der Waals surface area contributed by atoms with Crippen LogP contribution in [0.1, 0.15) is 46.0 Å². The van der Waals surface area contributed by atoms with Crippen LogP contribution in [0, 0.1) is 17.8 Å². The van der Waals surface area contributed by atoms with Gasteiger partial charge in [-0.2, -0.15) is 0 Å². The van der Waals surface area contributed by atoms with Crippen LogP contribution in [-0.2, 0) is 19.1 Å². The normalized spacial score (nSPS) is 38.3. The van der Waals surface area contributed by atoms with Crippen molar-refractivity contribution in [1.29, 1.82) is 0 Å². The summed E-state index contributed by atoms with van der Waals surface area (Å²) in [6.45, 7) is 4.34. The summed E-state index contributed by atoms with van der Waals surface area (Å²) in [6, 6.07) is 0. The molecule has 1 aliphatic heterocycles. The molecule has 3 N–H and O–H groups in total. The lowest BCUT2D eigenvalue weighted by Crippen LogP contribution is -2.52. The topological polar surface area (TPSA) is 113 Å². The Hall–Kier alpha value is -1.18. The molecule has 1 heterocycles. The molecule has 0 amide bonds. The van der Waals surface area contributed by atoms with Gasteiger partial charge in [-0.15, -0.1) is 0 Å². The number of hydrogen-bond donors (Lipinski definition) is 3. The first kappa shape index (κ1) is 18.2. The Morgan fingerprint density at radius 3 is 2.26 bits per heavy atom. The Morgan fingerprint density at radius 1 is 1.13 bits per heavy atom. The Labute approximate surface area is 135 Å². The van der Waals surface area contributed by atoms with Gasteiger partial charge in [0.15, 0.2) is 6.10 Å². The molecular formula is C16H26O7. The van der Waals surface area contributed by atoms with Crippen LogP contribution in [0.4, 0.5) is 0 Å². The van der Waals surface area contributed by atoms with Crippen molar-refractivity contribution in [3.8, 4) is 0 Å². The second kappa shape index (κ2) is 7.59. The number of ether oxygens (including phenoxy) is 2. The van der Waals surface area contributed by atoms with Gasteiger partial charge in [0.1, 0.15) is 6.10 Å². The number of carboxylic acid groups (broad SMARTS) is 1. The lowest BCUT2D eigenvalue weighted by molar-refractivity contribution is -0.261. The van der Waals surface area contributed by atoms with Gasteiger partial charge in [0.25, 0.3) is 0 Å². The van der Waals surface area contributed by atoms with Crippen molar-refractivity contribution in [3.63, 3.8) is 0 Å². The highest BCUT2D eigenvalue weighted by atomic mass is 16.7. The van der Waals surface area contributed by atoms with E-state index < -0.39 is 36.5 Å². The first-order chi connectivity index (χ1) is 10.8. The zero-order valence-electron chi connectivity index (χ0n) is 13.6. The molecule has 0 spiro atoms. The fraction of sp³-hybridized carbons (Fsp3) is 0.875. The summed E-state index contributed by atoms with van der Waals surface area (Å²) in [7, 11) is 0. The minimum Gasteiger partial charge on any atom is -0.479 e. The van der Waals surface area contributed by atoms with Crippen LogP contribution in [0.25, 0.3) is 0 Å². The molecule has 1 aliphatic carbocycles. The minimum absolute atomic E-state index is 0.232. The second-order valence-electron chi connectivity index (χ2n) is 6.92. The molecule has 2 rings (SSSR count). The van der Waals surface area contributed by atoms with E-state index in [2.05, 4.69) is 13.8 Å². The van der Waals surface area contributed by atoms with Crippen molar-refractivity contribution in [2.24, 2.45) is 17.8 Å². The monoisotopic (exact) mass is 330 g/mol. The zero-order chi connectivity index (χ0) is 17.1. The summed E-state index contributed by atoms with van der Waals surface area (Å²) >= 11 is 0. The van der Waals surface area contributed by atoms with E-state index in [0.717, 1.165) is 25.7 Å². The van der Waals surface area contributed by atoms with Gasteiger partial charge in [-0.25, -0.2) is 4.79 Å². The van der Waals surface area contributed by atoms with E-state index in [4.69, 9.17) is 14.6 Å². The van der Waals surface area contributed by atoms with Crippen molar-refractivity contribution in [2.45, 2.75) is 70.6 Å². The van der Waals surface area contributed by atoms with Crippen molar-refractivity contribution >= 4 is 11.9 Å². The van der Waals surface area contributed by atoms with Crippen LogP contribution in [0.15, 0.2) is 0 Å². The predicted molar refractivity (Wildman–Crippen MR) is 79.3 cm³/mol. The maximum Gasteiger partial charge on any atom is 0.333 e. The Balaban J connectivity index is 1.90. The summed E-state index contributed by atoms with van der Waals surface area (Å²) < 4.78 is 10.3. The van der Waals surface area contributed by atoms with E-state index in [0.29, 0.717) is 11.8 Å². The number of aliphatic carboxylic acids is 1. The number of carboxylic acids is 1. The van der Waals surface area contributed by atoms with Gasteiger partial charge >= 0.3 is 11.9 Å². The Morgan fingerprint density at radius 2 is 1.74 bits per heavy atom. The predicted octanol–water partition coefficient (Wildman–Crippen LogP) is 0.913. The molecule has 0 aromatic carbocycles.